The first kappa shape index (κ1) is 23.6. The molecule has 2 nitrogen and oxygen atoms in total. The Kier molecular flexibility index (Phi) is 13.1. The Labute approximate surface area is 179 Å². The van der Waals surface area contributed by atoms with Crippen LogP contribution >= 0.6 is 0 Å². The largest absolute Gasteiger partial charge is 0.250 e. The van der Waals surface area contributed by atoms with Crippen LogP contribution in [0, 0.1) is 0 Å². The smallest absolute Gasteiger partial charge is 0.231 e. The van der Waals surface area contributed by atoms with Crippen molar-refractivity contribution < 1.29 is 4.57 Å². The molecule has 0 spiro atoms. The molecule has 2 heterocycles. The Morgan fingerprint density at radius 2 is 1.17 bits per heavy atom. The summed E-state index contributed by atoms with van der Waals surface area (Å²) in [6.45, 7) is 3.38. The van der Waals surface area contributed by atoms with Gasteiger partial charge in [-0.05, 0) is 24.6 Å². The maximum Gasteiger partial charge on any atom is 0.231 e. The van der Waals surface area contributed by atoms with Crippen LogP contribution in [0.4, 0.5) is 0 Å². The van der Waals surface area contributed by atoms with Gasteiger partial charge in [-0.2, -0.15) is 4.57 Å². The van der Waals surface area contributed by atoms with Crippen molar-refractivity contribution in [1.82, 2.24) is 4.98 Å². The van der Waals surface area contributed by atoms with E-state index in [2.05, 4.69) is 53.0 Å². The zero-order chi connectivity index (χ0) is 20.4. The second-order valence-corrected chi connectivity index (χ2v) is 8.44. The molecule has 0 bridgehead atoms. The summed E-state index contributed by atoms with van der Waals surface area (Å²) in [6, 6.07) is 12.5. The van der Waals surface area contributed by atoms with Gasteiger partial charge in [0.15, 0.2) is 6.20 Å². The highest BCUT2D eigenvalue weighted by atomic mass is 15.0. The van der Waals surface area contributed by atoms with Gasteiger partial charge in [0.25, 0.3) is 0 Å². The third kappa shape index (κ3) is 10.6. The van der Waals surface area contributed by atoms with Crippen LogP contribution in [0.5, 0.6) is 0 Å². The van der Waals surface area contributed by atoms with Gasteiger partial charge >= 0.3 is 0 Å². The predicted octanol–water partition coefficient (Wildman–Crippen LogP) is 7.91. The summed E-state index contributed by atoms with van der Waals surface area (Å²) in [6.07, 6.45) is 25.3. The zero-order valence-electron chi connectivity index (χ0n) is 18.8. The van der Waals surface area contributed by atoms with Crippen molar-refractivity contribution in [1.29, 1.82) is 0 Å². The Morgan fingerprint density at radius 3 is 1.72 bits per heavy atom. The number of hydrogen-bond acceptors (Lipinski definition) is 1. The zero-order valence-corrected chi connectivity index (χ0v) is 18.8. The minimum absolute atomic E-state index is 1.06. The fourth-order valence-corrected chi connectivity index (χ4v) is 4.07. The van der Waals surface area contributed by atoms with E-state index in [1.807, 2.05) is 12.3 Å². The third-order valence-corrected chi connectivity index (χ3v) is 5.87. The average molecular weight is 396 g/mol. The SMILES string of the molecule is CCCCCCCCCCCCCCCCC[n+]1ccccc1-c1ccccn1. The maximum atomic E-state index is 4.51. The van der Waals surface area contributed by atoms with Crippen molar-refractivity contribution in [2.24, 2.45) is 0 Å². The second kappa shape index (κ2) is 16.1. The molecule has 0 amide bonds. The molecule has 2 rings (SSSR count). The van der Waals surface area contributed by atoms with Crippen LogP contribution in [0.15, 0.2) is 48.8 Å². The van der Waals surface area contributed by atoms with Crippen LogP contribution in [0.3, 0.4) is 0 Å². The quantitative estimate of drug-likeness (QED) is 0.196. The molecular weight excluding hydrogens is 352 g/mol. The minimum Gasteiger partial charge on any atom is -0.250 e. The van der Waals surface area contributed by atoms with Gasteiger partial charge in [0.2, 0.25) is 5.69 Å². The molecule has 0 aromatic carbocycles. The third-order valence-electron chi connectivity index (χ3n) is 5.87. The summed E-state index contributed by atoms with van der Waals surface area (Å²) < 4.78 is 2.35. The van der Waals surface area contributed by atoms with Crippen LogP contribution < -0.4 is 4.57 Å². The minimum atomic E-state index is 1.06. The molecule has 160 valence electrons. The summed E-state index contributed by atoms with van der Waals surface area (Å²) in [5.41, 5.74) is 2.28. The monoisotopic (exact) mass is 395 g/mol. The molecule has 0 unspecified atom stereocenters. The number of aryl methyl sites for hydroxylation is 1. The lowest BCUT2D eigenvalue weighted by atomic mass is 10.0. The normalized spacial score (nSPS) is 11.1. The summed E-state index contributed by atoms with van der Waals surface area (Å²) in [5, 5.41) is 0. The van der Waals surface area contributed by atoms with Crippen molar-refractivity contribution in [2.75, 3.05) is 0 Å². The Hall–Kier alpha value is -1.70. The Morgan fingerprint density at radius 1 is 0.621 bits per heavy atom. The van der Waals surface area contributed by atoms with Gasteiger partial charge in [0.1, 0.15) is 12.2 Å². The topological polar surface area (TPSA) is 16.8 Å². The van der Waals surface area contributed by atoms with Gasteiger partial charge in [-0.15, -0.1) is 0 Å². The fraction of sp³-hybridized carbons (Fsp3) is 0.630. The van der Waals surface area contributed by atoms with E-state index < -0.39 is 0 Å². The lowest BCUT2D eigenvalue weighted by Crippen LogP contribution is -2.35. The van der Waals surface area contributed by atoms with E-state index in [0.29, 0.717) is 0 Å². The predicted molar refractivity (Wildman–Crippen MR) is 125 cm³/mol. The van der Waals surface area contributed by atoms with E-state index in [4.69, 9.17) is 0 Å². The molecule has 0 fully saturated rings. The maximum absolute atomic E-state index is 4.51. The first-order valence-corrected chi connectivity index (χ1v) is 12.3. The van der Waals surface area contributed by atoms with E-state index in [-0.39, 0.29) is 0 Å². The van der Waals surface area contributed by atoms with Gasteiger partial charge in [0.05, 0.1) is 0 Å². The number of unbranched alkanes of at least 4 members (excludes halogenated alkanes) is 14. The van der Waals surface area contributed by atoms with E-state index >= 15 is 0 Å². The molecule has 0 radical (unpaired) electrons. The van der Waals surface area contributed by atoms with Gasteiger partial charge in [0, 0.05) is 24.8 Å². The molecule has 2 heteroatoms. The Bertz CT molecular complexity index is 623. The number of nitrogens with zero attached hydrogens (tertiary/aromatic N) is 2. The number of hydrogen-bond donors (Lipinski definition) is 0. The number of rotatable bonds is 17. The summed E-state index contributed by atoms with van der Waals surface area (Å²) >= 11 is 0. The van der Waals surface area contributed by atoms with Gasteiger partial charge in [-0.1, -0.05) is 96.5 Å². The van der Waals surface area contributed by atoms with Crippen LogP contribution in [0.1, 0.15) is 103 Å². The van der Waals surface area contributed by atoms with Crippen molar-refractivity contribution in [3.63, 3.8) is 0 Å². The van der Waals surface area contributed by atoms with Crippen LogP contribution in [-0.2, 0) is 6.54 Å². The molecule has 0 N–H and O–H groups in total. The summed E-state index contributed by atoms with van der Waals surface area (Å²) in [7, 11) is 0. The van der Waals surface area contributed by atoms with Crippen molar-refractivity contribution in [3.8, 4) is 11.4 Å². The average Bonchev–Trinajstić information content (AvgIpc) is 2.77. The molecule has 29 heavy (non-hydrogen) atoms. The molecule has 0 aliphatic rings. The van der Waals surface area contributed by atoms with Crippen molar-refractivity contribution in [2.45, 2.75) is 110 Å². The molecule has 0 aliphatic carbocycles. The molecule has 0 saturated heterocycles. The first-order chi connectivity index (χ1) is 14.4. The van der Waals surface area contributed by atoms with E-state index in [1.54, 1.807) is 0 Å². The van der Waals surface area contributed by atoms with Crippen LogP contribution in [0.2, 0.25) is 0 Å². The summed E-state index contributed by atoms with van der Waals surface area (Å²) in [5.74, 6) is 0. The lowest BCUT2D eigenvalue weighted by Gasteiger charge is -2.04. The van der Waals surface area contributed by atoms with E-state index in [1.165, 1.54) is 102 Å². The molecule has 2 aromatic rings. The molecule has 0 saturated carbocycles. The molecule has 0 aliphatic heterocycles. The van der Waals surface area contributed by atoms with Gasteiger partial charge in [-0.3, -0.25) is 0 Å². The number of aromatic nitrogens is 2. The first-order valence-electron chi connectivity index (χ1n) is 12.3. The van der Waals surface area contributed by atoms with Crippen LogP contribution in [-0.4, -0.2) is 4.98 Å². The molecule has 0 atom stereocenters. The van der Waals surface area contributed by atoms with Crippen molar-refractivity contribution in [3.05, 3.63) is 48.8 Å². The lowest BCUT2D eigenvalue weighted by molar-refractivity contribution is -0.686. The second-order valence-electron chi connectivity index (χ2n) is 8.44. The highest BCUT2D eigenvalue weighted by molar-refractivity contribution is 5.49. The highest BCUT2D eigenvalue weighted by Gasteiger charge is 2.12. The fourth-order valence-electron chi connectivity index (χ4n) is 4.07. The summed E-state index contributed by atoms with van der Waals surface area (Å²) in [4.78, 5) is 4.51. The molecule has 2 aromatic heterocycles. The van der Waals surface area contributed by atoms with Crippen LogP contribution in [0.25, 0.3) is 11.4 Å². The Balaban J connectivity index is 1.45. The van der Waals surface area contributed by atoms with Gasteiger partial charge < -0.3 is 0 Å². The van der Waals surface area contributed by atoms with E-state index in [9.17, 15) is 0 Å². The van der Waals surface area contributed by atoms with Crippen molar-refractivity contribution >= 4 is 0 Å². The van der Waals surface area contributed by atoms with Gasteiger partial charge in [-0.25, -0.2) is 4.98 Å². The van der Waals surface area contributed by atoms with E-state index in [0.717, 1.165) is 12.2 Å². The highest BCUT2D eigenvalue weighted by Crippen LogP contribution is 2.14. The standard InChI is InChI=1S/C27H43N2/c1-2-3-4-5-6-7-8-9-10-11-12-13-14-15-19-24-29-25-20-17-22-27(29)26-21-16-18-23-28-26/h16-18,20-23,25H,2-15,19,24H2,1H3/q+1. The number of pyridine rings is 2. The molecular formula is C27H43N2+.